The molecular formula is C22H36N4O4S2. The molecule has 10 heteroatoms. The van der Waals surface area contributed by atoms with E-state index in [4.69, 9.17) is 0 Å². The van der Waals surface area contributed by atoms with Gasteiger partial charge in [0.2, 0.25) is 15.9 Å². The van der Waals surface area contributed by atoms with Crippen LogP contribution in [-0.2, 0) is 14.8 Å². The number of rotatable bonds is 8. The number of thiophene rings is 1. The van der Waals surface area contributed by atoms with E-state index in [1.807, 2.05) is 14.1 Å². The number of sulfonamides is 1. The van der Waals surface area contributed by atoms with Gasteiger partial charge in [0.05, 0.1) is 0 Å². The minimum Gasteiger partial charge on any atom is -0.355 e. The third-order valence-corrected chi connectivity index (χ3v) is 9.12. The maximum atomic E-state index is 13.1. The first-order valence-electron chi connectivity index (χ1n) is 11.3. The largest absolute Gasteiger partial charge is 0.355 e. The summed E-state index contributed by atoms with van der Waals surface area (Å²) in [7, 11) is 0.404. The lowest BCUT2D eigenvalue weighted by atomic mass is 9.91. The van der Waals surface area contributed by atoms with Crippen molar-refractivity contribution in [2.24, 2.45) is 11.3 Å². The van der Waals surface area contributed by atoms with E-state index >= 15 is 0 Å². The van der Waals surface area contributed by atoms with Crippen LogP contribution in [0.25, 0.3) is 0 Å². The zero-order valence-corrected chi connectivity index (χ0v) is 21.2. The highest BCUT2D eigenvalue weighted by Gasteiger charge is 2.35. The fraction of sp³-hybridized carbons (Fsp3) is 0.727. The Hall–Kier alpha value is -1.49. The zero-order valence-electron chi connectivity index (χ0n) is 19.6. The van der Waals surface area contributed by atoms with Gasteiger partial charge in [0.1, 0.15) is 9.77 Å². The lowest BCUT2D eigenvalue weighted by Gasteiger charge is -2.33. The lowest BCUT2D eigenvalue weighted by Crippen LogP contribution is -2.46. The van der Waals surface area contributed by atoms with Gasteiger partial charge in [-0.15, -0.1) is 11.3 Å². The number of nitrogens with one attached hydrogen (secondary N) is 1. The molecule has 1 N–H and O–H groups in total. The van der Waals surface area contributed by atoms with Gasteiger partial charge >= 0.3 is 0 Å². The molecule has 0 aliphatic carbocycles. The van der Waals surface area contributed by atoms with Gasteiger partial charge in [-0.25, -0.2) is 8.42 Å². The van der Waals surface area contributed by atoms with Crippen molar-refractivity contribution in [3.63, 3.8) is 0 Å². The summed E-state index contributed by atoms with van der Waals surface area (Å²) in [6, 6.07) is 1.54. The summed E-state index contributed by atoms with van der Waals surface area (Å²) in [5.41, 5.74) is -0.0216. The second-order valence-corrected chi connectivity index (χ2v) is 12.7. The number of hydrogen-bond donors (Lipinski definition) is 1. The smallest absolute Gasteiger partial charge is 0.265 e. The summed E-state index contributed by atoms with van der Waals surface area (Å²) in [4.78, 5) is 30.0. The Kier molecular flexibility index (Phi) is 8.01. The van der Waals surface area contributed by atoms with Crippen LogP contribution >= 0.6 is 11.3 Å². The van der Waals surface area contributed by atoms with Crippen LogP contribution in [0.3, 0.4) is 0 Å². The second kappa shape index (κ2) is 10.2. The topological polar surface area (TPSA) is 90.0 Å². The molecule has 2 aliphatic rings. The Balaban J connectivity index is 1.56. The van der Waals surface area contributed by atoms with E-state index in [1.165, 1.54) is 15.6 Å². The molecule has 0 unspecified atom stereocenters. The summed E-state index contributed by atoms with van der Waals surface area (Å²) >= 11 is 1.18. The van der Waals surface area contributed by atoms with Crippen molar-refractivity contribution >= 4 is 33.2 Å². The second-order valence-electron chi connectivity index (χ2n) is 9.91. The van der Waals surface area contributed by atoms with Gasteiger partial charge in [-0.1, -0.05) is 13.8 Å². The van der Waals surface area contributed by atoms with Crippen LogP contribution in [-0.4, -0.2) is 87.7 Å². The molecule has 0 radical (unpaired) electrons. The average Bonchev–Trinajstić information content (AvgIpc) is 3.43. The quantitative estimate of drug-likeness (QED) is 0.610. The van der Waals surface area contributed by atoms with Gasteiger partial charge in [0.25, 0.3) is 5.91 Å². The van der Waals surface area contributed by atoms with Crippen LogP contribution in [0.4, 0.5) is 0 Å². The molecule has 0 saturated carbocycles. The molecule has 0 atom stereocenters. The van der Waals surface area contributed by atoms with Gasteiger partial charge in [-0.3, -0.25) is 9.59 Å². The molecule has 180 valence electrons. The zero-order chi connectivity index (χ0) is 23.5. The lowest BCUT2D eigenvalue weighted by molar-refractivity contribution is -0.126. The molecular weight excluding hydrogens is 448 g/mol. The van der Waals surface area contributed by atoms with Crippen LogP contribution in [0.15, 0.2) is 16.3 Å². The molecule has 2 fully saturated rings. The predicted molar refractivity (Wildman–Crippen MR) is 126 cm³/mol. The van der Waals surface area contributed by atoms with Crippen LogP contribution in [0, 0.1) is 11.3 Å². The number of carbonyl (C=O) groups excluding carboxylic acids is 2. The van der Waals surface area contributed by atoms with Crippen molar-refractivity contribution in [1.82, 2.24) is 19.4 Å². The van der Waals surface area contributed by atoms with E-state index in [0.29, 0.717) is 45.6 Å². The minimum absolute atomic E-state index is 0.0216. The van der Waals surface area contributed by atoms with Gasteiger partial charge in [0, 0.05) is 45.2 Å². The molecule has 0 spiro atoms. The van der Waals surface area contributed by atoms with Crippen LogP contribution in [0.1, 0.15) is 49.2 Å². The Morgan fingerprint density at radius 1 is 1.16 bits per heavy atom. The molecule has 2 amide bonds. The minimum atomic E-state index is -3.64. The third-order valence-electron chi connectivity index (χ3n) is 6.14. The van der Waals surface area contributed by atoms with E-state index in [-0.39, 0.29) is 32.9 Å². The van der Waals surface area contributed by atoms with Crippen molar-refractivity contribution in [1.29, 1.82) is 0 Å². The van der Waals surface area contributed by atoms with Gasteiger partial charge in [-0.05, 0) is 56.6 Å². The van der Waals surface area contributed by atoms with Crippen LogP contribution in [0.2, 0.25) is 0 Å². The van der Waals surface area contributed by atoms with Crippen LogP contribution in [0.5, 0.6) is 0 Å². The maximum Gasteiger partial charge on any atom is 0.265 e. The summed E-state index contributed by atoms with van der Waals surface area (Å²) in [6.45, 7) is 7.68. The molecule has 1 aromatic rings. The van der Waals surface area contributed by atoms with Gasteiger partial charge < -0.3 is 15.1 Å². The van der Waals surface area contributed by atoms with E-state index in [9.17, 15) is 18.0 Å². The summed E-state index contributed by atoms with van der Waals surface area (Å²) in [6.07, 6.45) is 2.89. The fourth-order valence-corrected chi connectivity index (χ4v) is 7.47. The molecule has 8 nitrogen and oxygen atoms in total. The summed E-state index contributed by atoms with van der Waals surface area (Å²) in [5.74, 6) is -0.327. The first kappa shape index (κ1) is 25.1. The number of likely N-dealkylation sites (tertiary alicyclic amines) is 1. The molecule has 3 rings (SSSR count). The first-order valence-corrected chi connectivity index (χ1v) is 13.6. The molecule has 2 aliphatic heterocycles. The maximum absolute atomic E-state index is 13.1. The molecule has 32 heavy (non-hydrogen) atoms. The Morgan fingerprint density at radius 3 is 2.38 bits per heavy atom. The summed E-state index contributed by atoms with van der Waals surface area (Å²) < 4.78 is 27.4. The van der Waals surface area contributed by atoms with Gasteiger partial charge in [0.15, 0.2) is 0 Å². The van der Waals surface area contributed by atoms with Crippen molar-refractivity contribution in [2.75, 3.05) is 53.4 Å². The van der Waals surface area contributed by atoms with E-state index in [0.717, 1.165) is 19.4 Å². The Labute approximate surface area is 196 Å². The van der Waals surface area contributed by atoms with Crippen molar-refractivity contribution in [3.8, 4) is 0 Å². The molecule has 0 aromatic carbocycles. The normalized spacial score (nSPS) is 19.0. The third kappa shape index (κ3) is 5.89. The fourth-order valence-electron chi connectivity index (χ4n) is 4.60. The highest BCUT2D eigenvalue weighted by atomic mass is 32.2. The van der Waals surface area contributed by atoms with Crippen molar-refractivity contribution in [3.05, 3.63) is 16.3 Å². The molecule has 0 bridgehead atoms. The summed E-state index contributed by atoms with van der Waals surface area (Å²) in [5, 5.41) is 4.75. The number of carbonyl (C=O) groups is 2. The average molecular weight is 485 g/mol. The number of piperidine rings is 1. The van der Waals surface area contributed by atoms with E-state index in [1.54, 1.807) is 16.3 Å². The number of nitrogens with zero attached hydrogens (tertiary/aromatic N) is 3. The Morgan fingerprint density at radius 2 is 1.78 bits per heavy atom. The Bertz CT molecular complexity index is 912. The number of amides is 2. The van der Waals surface area contributed by atoms with Crippen molar-refractivity contribution < 1.29 is 18.0 Å². The van der Waals surface area contributed by atoms with E-state index < -0.39 is 10.0 Å². The molecule has 2 saturated heterocycles. The molecule has 1 aromatic heterocycles. The van der Waals surface area contributed by atoms with Crippen LogP contribution < -0.4 is 5.32 Å². The highest BCUT2D eigenvalue weighted by Crippen LogP contribution is 2.30. The SMILES string of the molecule is CN(C)CC(C)(C)CNC(=O)C1CCN(C(=O)c2sccc2S(=O)(=O)N2CCCC2)CC1. The van der Waals surface area contributed by atoms with Crippen molar-refractivity contribution in [2.45, 2.75) is 44.4 Å². The highest BCUT2D eigenvalue weighted by molar-refractivity contribution is 7.89. The standard InChI is InChI=1S/C22H36N4O4S2/c1-22(2,16-24(3)4)15-23-20(27)17-7-12-25(13-8-17)21(28)19-18(9-14-31-19)32(29,30)26-10-5-6-11-26/h9,14,17H,5-8,10-13,15-16H2,1-4H3,(H,23,27). The van der Waals surface area contributed by atoms with E-state index in [2.05, 4.69) is 24.1 Å². The monoisotopic (exact) mass is 484 g/mol. The number of hydrogen-bond acceptors (Lipinski definition) is 6. The first-order chi connectivity index (χ1) is 15.0. The molecule has 3 heterocycles. The predicted octanol–water partition coefficient (Wildman–Crippen LogP) is 2.09. The van der Waals surface area contributed by atoms with Gasteiger partial charge in [-0.2, -0.15) is 4.31 Å².